The highest BCUT2D eigenvalue weighted by molar-refractivity contribution is 6.30. The van der Waals surface area contributed by atoms with E-state index in [0.717, 1.165) is 24.4 Å². The van der Waals surface area contributed by atoms with Crippen molar-refractivity contribution in [2.75, 3.05) is 13.1 Å². The Morgan fingerprint density at radius 3 is 2.67 bits per heavy atom. The largest absolute Gasteiger partial charge is 0.481 e. The van der Waals surface area contributed by atoms with Crippen LogP contribution in [0, 0.1) is 5.92 Å². The quantitative estimate of drug-likeness (QED) is 0.911. The standard InChI is InChI=1S/C14H18ClNO2/c1-2-13(10-3-5-12(15)6-4-10)16-8-7-11(9-16)14(17)18/h3-6,11,13H,2,7-9H2,1H3,(H,17,18)/t11-,13-/m0/s1. The van der Waals surface area contributed by atoms with E-state index in [9.17, 15) is 4.79 Å². The molecular formula is C14H18ClNO2. The van der Waals surface area contributed by atoms with Gasteiger partial charge in [-0.15, -0.1) is 0 Å². The fourth-order valence-corrected chi connectivity index (χ4v) is 2.79. The predicted molar refractivity (Wildman–Crippen MR) is 71.8 cm³/mol. The minimum Gasteiger partial charge on any atom is -0.481 e. The SMILES string of the molecule is CC[C@@H](c1ccc(Cl)cc1)N1CC[C@H](C(=O)O)C1. The van der Waals surface area contributed by atoms with Crippen LogP contribution in [-0.2, 0) is 4.79 Å². The van der Waals surface area contributed by atoms with Crippen molar-refractivity contribution >= 4 is 17.6 Å². The molecule has 3 nitrogen and oxygen atoms in total. The van der Waals surface area contributed by atoms with Crippen LogP contribution in [0.5, 0.6) is 0 Å². The summed E-state index contributed by atoms with van der Waals surface area (Å²) in [5.41, 5.74) is 1.22. The first-order valence-corrected chi connectivity index (χ1v) is 6.72. The average Bonchev–Trinajstić information content (AvgIpc) is 2.82. The van der Waals surface area contributed by atoms with Crippen molar-refractivity contribution in [3.05, 3.63) is 34.9 Å². The molecule has 0 aliphatic carbocycles. The van der Waals surface area contributed by atoms with E-state index in [0.29, 0.717) is 12.6 Å². The van der Waals surface area contributed by atoms with Crippen LogP contribution in [0.4, 0.5) is 0 Å². The van der Waals surface area contributed by atoms with Gasteiger partial charge in [0.2, 0.25) is 0 Å². The molecule has 0 aromatic heterocycles. The summed E-state index contributed by atoms with van der Waals surface area (Å²) in [7, 11) is 0. The third kappa shape index (κ3) is 2.85. The molecule has 1 aliphatic heterocycles. The van der Waals surface area contributed by atoms with Crippen molar-refractivity contribution in [3.8, 4) is 0 Å². The molecule has 1 fully saturated rings. The van der Waals surface area contributed by atoms with Gasteiger partial charge in [0.05, 0.1) is 5.92 Å². The lowest BCUT2D eigenvalue weighted by atomic mass is 10.0. The fraction of sp³-hybridized carbons (Fsp3) is 0.500. The van der Waals surface area contributed by atoms with Crippen LogP contribution in [0.25, 0.3) is 0 Å². The molecule has 1 aromatic carbocycles. The molecule has 0 amide bonds. The molecule has 0 unspecified atom stereocenters. The zero-order valence-electron chi connectivity index (χ0n) is 10.5. The van der Waals surface area contributed by atoms with E-state index in [1.165, 1.54) is 5.56 Å². The third-order valence-corrected chi connectivity index (χ3v) is 3.90. The summed E-state index contributed by atoms with van der Waals surface area (Å²) in [6.07, 6.45) is 1.73. The Balaban J connectivity index is 2.10. The number of halogens is 1. The van der Waals surface area contributed by atoms with Gasteiger partial charge in [-0.2, -0.15) is 0 Å². The second kappa shape index (κ2) is 5.72. The van der Waals surface area contributed by atoms with Gasteiger partial charge in [0.25, 0.3) is 0 Å². The fourth-order valence-electron chi connectivity index (χ4n) is 2.66. The van der Waals surface area contributed by atoms with E-state index >= 15 is 0 Å². The number of carbonyl (C=O) groups is 1. The molecule has 0 bridgehead atoms. The maximum Gasteiger partial charge on any atom is 0.307 e. The minimum atomic E-state index is -0.677. The number of benzene rings is 1. The van der Waals surface area contributed by atoms with Crippen LogP contribution in [0.15, 0.2) is 24.3 Å². The highest BCUT2D eigenvalue weighted by Crippen LogP contribution is 2.30. The number of hydrogen-bond donors (Lipinski definition) is 1. The Bertz CT molecular complexity index is 418. The molecule has 0 saturated carbocycles. The Hall–Kier alpha value is -1.06. The van der Waals surface area contributed by atoms with Crippen molar-refractivity contribution < 1.29 is 9.90 Å². The van der Waals surface area contributed by atoms with Crippen molar-refractivity contribution in [1.29, 1.82) is 0 Å². The predicted octanol–water partition coefficient (Wildman–Crippen LogP) is 3.20. The number of aliphatic carboxylic acids is 1. The molecular weight excluding hydrogens is 250 g/mol. The number of likely N-dealkylation sites (tertiary alicyclic amines) is 1. The van der Waals surface area contributed by atoms with Gasteiger partial charge >= 0.3 is 5.97 Å². The maximum absolute atomic E-state index is 11.0. The first-order valence-electron chi connectivity index (χ1n) is 6.34. The van der Waals surface area contributed by atoms with Crippen molar-refractivity contribution in [1.82, 2.24) is 4.90 Å². The van der Waals surface area contributed by atoms with Crippen LogP contribution >= 0.6 is 11.6 Å². The number of carboxylic acids is 1. The molecule has 18 heavy (non-hydrogen) atoms. The zero-order valence-corrected chi connectivity index (χ0v) is 11.2. The van der Waals surface area contributed by atoms with Gasteiger partial charge in [0, 0.05) is 17.6 Å². The smallest absolute Gasteiger partial charge is 0.307 e. The average molecular weight is 268 g/mol. The van der Waals surface area contributed by atoms with Gasteiger partial charge < -0.3 is 5.11 Å². The maximum atomic E-state index is 11.0. The lowest BCUT2D eigenvalue weighted by Crippen LogP contribution is -2.27. The summed E-state index contributed by atoms with van der Waals surface area (Å²) in [6.45, 7) is 3.64. The summed E-state index contributed by atoms with van der Waals surface area (Å²) in [6, 6.07) is 8.15. The molecule has 2 rings (SSSR count). The summed E-state index contributed by atoms with van der Waals surface area (Å²) >= 11 is 5.89. The van der Waals surface area contributed by atoms with Crippen molar-refractivity contribution in [2.24, 2.45) is 5.92 Å². The normalized spacial score (nSPS) is 22.0. The summed E-state index contributed by atoms with van der Waals surface area (Å²) in [5.74, 6) is -0.894. The lowest BCUT2D eigenvalue weighted by molar-refractivity contribution is -0.141. The summed E-state index contributed by atoms with van der Waals surface area (Å²) < 4.78 is 0. The number of hydrogen-bond acceptors (Lipinski definition) is 2. The Morgan fingerprint density at radius 2 is 2.17 bits per heavy atom. The van der Waals surface area contributed by atoms with Gasteiger partial charge in [-0.1, -0.05) is 30.7 Å². The molecule has 1 aromatic rings. The van der Waals surface area contributed by atoms with E-state index in [4.69, 9.17) is 16.7 Å². The van der Waals surface area contributed by atoms with Gasteiger partial charge in [-0.25, -0.2) is 0 Å². The van der Waals surface area contributed by atoms with E-state index in [1.54, 1.807) is 0 Å². The van der Waals surface area contributed by atoms with Gasteiger partial charge in [-0.05, 0) is 37.1 Å². The Kier molecular flexibility index (Phi) is 4.25. The van der Waals surface area contributed by atoms with Crippen LogP contribution in [0.1, 0.15) is 31.4 Å². The van der Waals surface area contributed by atoms with Crippen molar-refractivity contribution in [2.45, 2.75) is 25.8 Å². The minimum absolute atomic E-state index is 0.216. The molecule has 1 saturated heterocycles. The second-order valence-electron chi connectivity index (χ2n) is 4.79. The first kappa shape index (κ1) is 13.4. The Morgan fingerprint density at radius 1 is 1.50 bits per heavy atom. The molecule has 1 aliphatic rings. The summed E-state index contributed by atoms with van der Waals surface area (Å²) in [4.78, 5) is 13.3. The lowest BCUT2D eigenvalue weighted by Gasteiger charge is -2.27. The van der Waals surface area contributed by atoms with E-state index in [1.807, 2.05) is 24.3 Å². The van der Waals surface area contributed by atoms with Gasteiger partial charge in [0.1, 0.15) is 0 Å². The first-order chi connectivity index (χ1) is 8.61. The number of rotatable bonds is 4. The van der Waals surface area contributed by atoms with E-state index in [-0.39, 0.29) is 5.92 Å². The van der Waals surface area contributed by atoms with Crippen LogP contribution in [-0.4, -0.2) is 29.1 Å². The monoisotopic (exact) mass is 267 g/mol. The highest BCUT2D eigenvalue weighted by atomic mass is 35.5. The van der Waals surface area contributed by atoms with E-state index in [2.05, 4.69) is 11.8 Å². The topological polar surface area (TPSA) is 40.5 Å². The summed E-state index contributed by atoms with van der Waals surface area (Å²) in [5, 5.41) is 9.78. The van der Waals surface area contributed by atoms with Crippen LogP contribution in [0.2, 0.25) is 5.02 Å². The second-order valence-corrected chi connectivity index (χ2v) is 5.23. The Labute approximate surface area is 112 Å². The van der Waals surface area contributed by atoms with Gasteiger partial charge in [0.15, 0.2) is 0 Å². The molecule has 2 atom stereocenters. The molecule has 1 heterocycles. The van der Waals surface area contributed by atoms with Crippen molar-refractivity contribution in [3.63, 3.8) is 0 Å². The third-order valence-electron chi connectivity index (χ3n) is 3.65. The van der Waals surface area contributed by atoms with E-state index < -0.39 is 5.97 Å². The molecule has 4 heteroatoms. The van der Waals surface area contributed by atoms with Gasteiger partial charge in [-0.3, -0.25) is 9.69 Å². The molecule has 0 radical (unpaired) electrons. The zero-order chi connectivity index (χ0) is 13.1. The van der Waals surface area contributed by atoms with Crippen LogP contribution < -0.4 is 0 Å². The highest BCUT2D eigenvalue weighted by Gasteiger charge is 2.31. The molecule has 0 spiro atoms. The van der Waals surface area contributed by atoms with Crippen LogP contribution in [0.3, 0.4) is 0 Å². The number of nitrogens with zero attached hydrogens (tertiary/aromatic N) is 1. The molecule has 1 N–H and O–H groups in total. The molecule has 98 valence electrons. The number of carboxylic acid groups (broad SMARTS) is 1.